The zero-order valence-electron chi connectivity index (χ0n) is 16.5. The number of carbonyl (C=O) groups is 1. The van der Waals surface area contributed by atoms with Gasteiger partial charge in [-0.05, 0) is 29.3 Å². The van der Waals surface area contributed by atoms with Crippen LogP contribution < -0.4 is 5.32 Å². The molecule has 1 heterocycles. The van der Waals surface area contributed by atoms with Crippen molar-refractivity contribution in [3.05, 3.63) is 90.0 Å². The number of nitrogens with one attached hydrogen (secondary N) is 1. The number of hydrogen-bond acceptors (Lipinski definition) is 3. The van der Waals surface area contributed by atoms with Crippen LogP contribution in [0.5, 0.6) is 0 Å². The minimum Gasteiger partial charge on any atom is -0.466 e. The summed E-state index contributed by atoms with van der Waals surface area (Å²) in [5.74, 6) is -0.346. The van der Waals surface area contributed by atoms with Crippen LogP contribution in [0, 0.1) is 0 Å². The normalized spacial score (nSPS) is 11.5. The van der Waals surface area contributed by atoms with Gasteiger partial charge in [0.15, 0.2) is 0 Å². The minimum absolute atomic E-state index is 0.346. The number of methoxy groups -OCH3 is 1. The Kier molecular flexibility index (Phi) is 5.73. The first-order valence-corrected chi connectivity index (χ1v) is 9.78. The second kappa shape index (κ2) is 8.76. The fourth-order valence-electron chi connectivity index (χ4n) is 3.65. The third-order valence-corrected chi connectivity index (χ3v) is 5.11. The molecule has 0 saturated heterocycles. The summed E-state index contributed by atoms with van der Waals surface area (Å²) >= 11 is 0. The van der Waals surface area contributed by atoms with Gasteiger partial charge in [0.1, 0.15) is 0 Å². The monoisotopic (exact) mass is 384 g/mol. The fraction of sp³-hybridized carbons (Fsp3) is 0.160. The zero-order valence-corrected chi connectivity index (χ0v) is 16.5. The molecule has 0 aliphatic heterocycles. The Bertz CT molecular complexity index is 1100. The summed E-state index contributed by atoms with van der Waals surface area (Å²) in [4.78, 5) is 11.2. The van der Waals surface area contributed by atoms with E-state index in [-0.39, 0.29) is 5.97 Å². The van der Waals surface area contributed by atoms with E-state index in [2.05, 4.69) is 75.3 Å². The van der Waals surface area contributed by atoms with Crippen LogP contribution >= 0.6 is 0 Å². The minimum atomic E-state index is -0.346. The van der Waals surface area contributed by atoms with E-state index >= 15 is 0 Å². The Balaban J connectivity index is 1.38. The van der Waals surface area contributed by atoms with Gasteiger partial charge in [0, 0.05) is 47.5 Å². The van der Waals surface area contributed by atoms with Crippen LogP contribution in [-0.4, -0.2) is 24.2 Å². The SMILES string of the molecule is COC(=O)/C=C/c1ccc(CNCCn2c3ccccc3c3ccccc32)cc1. The summed E-state index contributed by atoms with van der Waals surface area (Å²) in [6.07, 6.45) is 3.18. The van der Waals surface area contributed by atoms with Crippen LogP contribution in [0.1, 0.15) is 11.1 Å². The number of nitrogens with zero attached hydrogens (tertiary/aromatic N) is 1. The van der Waals surface area contributed by atoms with Crippen molar-refractivity contribution in [2.24, 2.45) is 0 Å². The van der Waals surface area contributed by atoms with Gasteiger partial charge < -0.3 is 14.6 Å². The predicted molar refractivity (Wildman–Crippen MR) is 119 cm³/mol. The molecule has 1 N–H and O–H groups in total. The van der Waals surface area contributed by atoms with Gasteiger partial charge in [0.05, 0.1) is 7.11 Å². The van der Waals surface area contributed by atoms with Crippen LogP contribution in [0.2, 0.25) is 0 Å². The van der Waals surface area contributed by atoms with Crippen molar-refractivity contribution >= 4 is 33.9 Å². The van der Waals surface area contributed by atoms with Crippen molar-refractivity contribution in [3.63, 3.8) is 0 Å². The highest BCUT2D eigenvalue weighted by Gasteiger charge is 2.08. The number of ether oxygens (including phenoxy) is 1. The number of benzene rings is 3. The highest BCUT2D eigenvalue weighted by Crippen LogP contribution is 2.28. The molecule has 0 aliphatic carbocycles. The number of fused-ring (bicyclic) bond motifs is 3. The van der Waals surface area contributed by atoms with E-state index in [1.807, 2.05) is 12.1 Å². The molecule has 0 unspecified atom stereocenters. The molecular weight excluding hydrogens is 360 g/mol. The molecule has 4 heteroatoms. The first-order chi connectivity index (χ1) is 14.3. The highest BCUT2D eigenvalue weighted by atomic mass is 16.5. The van der Waals surface area contributed by atoms with Crippen LogP contribution in [0.4, 0.5) is 0 Å². The summed E-state index contributed by atoms with van der Waals surface area (Å²) in [5, 5.41) is 6.14. The Morgan fingerprint density at radius 2 is 1.55 bits per heavy atom. The number of carbonyl (C=O) groups excluding carboxylic acids is 1. The molecule has 1 aromatic heterocycles. The quantitative estimate of drug-likeness (QED) is 0.284. The molecule has 29 heavy (non-hydrogen) atoms. The third kappa shape index (κ3) is 4.23. The lowest BCUT2D eigenvalue weighted by Crippen LogP contribution is -2.19. The summed E-state index contributed by atoms with van der Waals surface area (Å²) < 4.78 is 6.99. The summed E-state index contributed by atoms with van der Waals surface area (Å²) in [6.45, 7) is 2.60. The molecule has 0 saturated carbocycles. The molecule has 146 valence electrons. The van der Waals surface area contributed by atoms with Crippen LogP contribution in [0.15, 0.2) is 78.9 Å². The van der Waals surface area contributed by atoms with Crippen molar-refractivity contribution in [1.29, 1.82) is 0 Å². The van der Waals surface area contributed by atoms with Gasteiger partial charge in [0.2, 0.25) is 0 Å². The Morgan fingerprint density at radius 3 is 2.17 bits per heavy atom. The van der Waals surface area contributed by atoms with Crippen molar-refractivity contribution in [3.8, 4) is 0 Å². The van der Waals surface area contributed by atoms with Gasteiger partial charge in [-0.2, -0.15) is 0 Å². The summed E-state index contributed by atoms with van der Waals surface area (Å²) in [7, 11) is 1.38. The third-order valence-electron chi connectivity index (χ3n) is 5.11. The van der Waals surface area contributed by atoms with Gasteiger partial charge in [-0.1, -0.05) is 60.7 Å². The van der Waals surface area contributed by atoms with Gasteiger partial charge >= 0.3 is 5.97 Å². The molecule has 0 fully saturated rings. The highest BCUT2D eigenvalue weighted by molar-refractivity contribution is 6.07. The lowest BCUT2D eigenvalue weighted by Gasteiger charge is -2.09. The van der Waals surface area contributed by atoms with Crippen LogP contribution in [0.25, 0.3) is 27.9 Å². The Morgan fingerprint density at radius 1 is 0.931 bits per heavy atom. The number of hydrogen-bond donors (Lipinski definition) is 1. The van der Waals surface area contributed by atoms with Crippen molar-refractivity contribution in [2.45, 2.75) is 13.1 Å². The molecule has 4 nitrogen and oxygen atoms in total. The summed E-state index contributed by atoms with van der Waals surface area (Å²) in [5.41, 5.74) is 4.74. The zero-order chi connectivity index (χ0) is 20.1. The van der Waals surface area contributed by atoms with E-state index < -0.39 is 0 Å². The van der Waals surface area contributed by atoms with Gasteiger partial charge in [0.25, 0.3) is 0 Å². The van der Waals surface area contributed by atoms with Crippen molar-refractivity contribution in [1.82, 2.24) is 9.88 Å². The van der Waals surface area contributed by atoms with Crippen molar-refractivity contribution < 1.29 is 9.53 Å². The Labute approximate surface area is 170 Å². The lowest BCUT2D eigenvalue weighted by atomic mass is 10.1. The van der Waals surface area contributed by atoms with E-state index in [0.717, 1.165) is 25.2 Å². The summed E-state index contributed by atoms with van der Waals surface area (Å²) in [6, 6.07) is 25.3. The molecule has 0 bridgehead atoms. The molecule has 4 aromatic rings. The molecule has 3 aromatic carbocycles. The maximum absolute atomic E-state index is 11.2. The average Bonchev–Trinajstić information content (AvgIpc) is 3.10. The topological polar surface area (TPSA) is 43.3 Å². The Hall–Kier alpha value is -3.37. The van der Waals surface area contributed by atoms with Crippen LogP contribution in [-0.2, 0) is 22.6 Å². The second-order valence-electron chi connectivity index (χ2n) is 6.96. The van der Waals surface area contributed by atoms with E-state index in [4.69, 9.17) is 0 Å². The molecule has 0 spiro atoms. The molecule has 0 atom stereocenters. The van der Waals surface area contributed by atoms with Gasteiger partial charge in [-0.3, -0.25) is 0 Å². The van der Waals surface area contributed by atoms with Gasteiger partial charge in [-0.25, -0.2) is 4.79 Å². The van der Waals surface area contributed by atoms with Crippen molar-refractivity contribution in [2.75, 3.05) is 13.7 Å². The molecule has 0 aliphatic rings. The van der Waals surface area contributed by atoms with E-state index in [1.165, 1.54) is 40.6 Å². The molecule has 4 rings (SSSR count). The predicted octanol–water partition coefficient (Wildman–Crippen LogP) is 4.77. The fourth-order valence-corrected chi connectivity index (χ4v) is 3.65. The lowest BCUT2D eigenvalue weighted by molar-refractivity contribution is -0.134. The number of esters is 1. The standard InChI is InChI=1S/C25H24N2O2/c1-29-25(28)15-14-19-10-12-20(13-11-19)18-26-16-17-27-23-8-4-2-6-21(23)22-7-3-5-9-24(22)27/h2-15,26H,16-18H2,1H3/b15-14+. The first-order valence-electron chi connectivity index (χ1n) is 9.78. The van der Waals surface area contributed by atoms with E-state index in [1.54, 1.807) is 6.08 Å². The van der Waals surface area contributed by atoms with E-state index in [9.17, 15) is 4.79 Å². The first kappa shape index (κ1) is 19.0. The molecule has 0 amide bonds. The smallest absolute Gasteiger partial charge is 0.330 e. The maximum atomic E-state index is 11.2. The average molecular weight is 384 g/mol. The molecular formula is C25H24N2O2. The van der Waals surface area contributed by atoms with E-state index in [0.29, 0.717) is 0 Å². The number of rotatable bonds is 7. The van der Waals surface area contributed by atoms with Gasteiger partial charge in [-0.15, -0.1) is 0 Å². The van der Waals surface area contributed by atoms with Crippen LogP contribution in [0.3, 0.4) is 0 Å². The number of aromatic nitrogens is 1. The maximum Gasteiger partial charge on any atom is 0.330 e. The number of para-hydroxylation sites is 2. The second-order valence-corrected chi connectivity index (χ2v) is 6.96. The molecule has 0 radical (unpaired) electrons. The largest absolute Gasteiger partial charge is 0.466 e.